The summed E-state index contributed by atoms with van der Waals surface area (Å²) in [5.41, 5.74) is -1.00. The van der Waals surface area contributed by atoms with Crippen LogP contribution in [0.1, 0.15) is 17.3 Å². The molecule has 10 heteroatoms. The molecular weight excluding hydrogens is 425 g/mol. The fourth-order valence-electron chi connectivity index (χ4n) is 2.24. The average molecular weight is 438 g/mol. The fourth-order valence-corrected chi connectivity index (χ4v) is 2.92. The van der Waals surface area contributed by atoms with Gasteiger partial charge in [-0.2, -0.15) is 0 Å². The molecule has 2 rings (SSSR count). The molecule has 2 amide bonds. The molecule has 0 atom stereocenters. The summed E-state index contributed by atoms with van der Waals surface area (Å²) in [7, 11) is 0. The van der Waals surface area contributed by atoms with Gasteiger partial charge >= 0.3 is 0 Å². The molecule has 2 N–H and O–H groups in total. The summed E-state index contributed by atoms with van der Waals surface area (Å²) in [6.07, 6.45) is 0. The summed E-state index contributed by atoms with van der Waals surface area (Å²) >= 11 is 17.7. The van der Waals surface area contributed by atoms with Crippen LogP contribution < -0.4 is 5.32 Å². The van der Waals surface area contributed by atoms with Gasteiger partial charge < -0.3 is 15.3 Å². The Balaban J connectivity index is 2.25. The van der Waals surface area contributed by atoms with Crippen LogP contribution in [0.3, 0.4) is 0 Å². The maximum absolute atomic E-state index is 13.6. The van der Waals surface area contributed by atoms with Crippen molar-refractivity contribution in [3.8, 4) is 5.75 Å². The highest BCUT2D eigenvalue weighted by molar-refractivity contribution is 6.45. The summed E-state index contributed by atoms with van der Waals surface area (Å²) in [6.45, 7) is 1.04. The van der Waals surface area contributed by atoms with E-state index in [0.717, 1.165) is 23.1 Å². The third-order valence-electron chi connectivity index (χ3n) is 3.59. The number of nitrogens with zero attached hydrogens (tertiary/aromatic N) is 1. The zero-order chi connectivity index (χ0) is 20.3. The number of phenols is 1. The van der Waals surface area contributed by atoms with Gasteiger partial charge in [0.25, 0.3) is 5.91 Å². The van der Waals surface area contributed by atoms with Crippen molar-refractivity contribution in [2.45, 2.75) is 6.92 Å². The van der Waals surface area contributed by atoms with Gasteiger partial charge in [0.05, 0.1) is 15.1 Å². The molecule has 2 aromatic rings. The minimum atomic E-state index is -0.958. The summed E-state index contributed by atoms with van der Waals surface area (Å²) in [5, 5.41) is 11.6. The van der Waals surface area contributed by atoms with Gasteiger partial charge in [-0.1, -0.05) is 40.9 Å². The first-order chi connectivity index (χ1) is 12.7. The highest BCUT2D eigenvalue weighted by Gasteiger charge is 2.26. The Morgan fingerprint density at radius 1 is 1.15 bits per heavy atom. The lowest BCUT2D eigenvalue weighted by Gasteiger charge is -2.22. The second-order valence-electron chi connectivity index (χ2n) is 5.34. The van der Waals surface area contributed by atoms with Gasteiger partial charge in [0.15, 0.2) is 0 Å². The molecule has 0 aliphatic heterocycles. The molecule has 2 aromatic carbocycles. The molecule has 0 aliphatic carbocycles. The van der Waals surface area contributed by atoms with Crippen LogP contribution in [-0.4, -0.2) is 34.9 Å². The van der Waals surface area contributed by atoms with Crippen LogP contribution in [0, 0.1) is 11.6 Å². The van der Waals surface area contributed by atoms with Gasteiger partial charge in [-0.25, -0.2) is 8.78 Å². The van der Waals surface area contributed by atoms with E-state index in [-0.39, 0.29) is 27.2 Å². The Labute approximate surface area is 168 Å². The van der Waals surface area contributed by atoms with Gasteiger partial charge in [0.1, 0.15) is 35.2 Å². The number of likely N-dealkylation sites (N-methyl/N-ethyl adjacent to an activating group) is 1. The molecule has 0 radical (unpaired) electrons. The van der Waals surface area contributed by atoms with Crippen molar-refractivity contribution < 1.29 is 23.5 Å². The topological polar surface area (TPSA) is 69.6 Å². The predicted molar refractivity (Wildman–Crippen MR) is 99.7 cm³/mol. The molecule has 0 fully saturated rings. The number of rotatable bonds is 5. The SMILES string of the molecule is CCN(CC(=O)Nc1c(F)cccc1F)C(=O)c1c(O)c(Cl)cc(Cl)c1Cl. The highest BCUT2D eigenvalue weighted by atomic mass is 35.5. The lowest BCUT2D eigenvalue weighted by atomic mass is 10.1. The van der Waals surface area contributed by atoms with Gasteiger partial charge in [-0.15, -0.1) is 0 Å². The van der Waals surface area contributed by atoms with Crippen LogP contribution in [-0.2, 0) is 4.79 Å². The zero-order valence-corrected chi connectivity index (χ0v) is 16.1. The van der Waals surface area contributed by atoms with E-state index in [9.17, 15) is 23.5 Å². The van der Waals surface area contributed by atoms with Gasteiger partial charge in [0, 0.05) is 6.54 Å². The molecule has 144 valence electrons. The summed E-state index contributed by atoms with van der Waals surface area (Å²) in [4.78, 5) is 25.8. The number of phenolic OH excluding ortho intramolecular Hbond substituents is 1. The molecule has 27 heavy (non-hydrogen) atoms. The van der Waals surface area contributed by atoms with Crippen LogP contribution in [0.5, 0.6) is 5.75 Å². The second kappa shape index (κ2) is 8.73. The predicted octanol–water partition coefficient (Wildman–Crippen LogP) is 4.73. The number of nitrogens with one attached hydrogen (secondary N) is 1. The molecule has 0 saturated heterocycles. The van der Waals surface area contributed by atoms with Crippen LogP contribution in [0.15, 0.2) is 24.3 Å². The molecule has 0 heterocycles. The van der Waals surface area contributed by atoms with E-state index >= 15 is 0 Å². The number of para-hydroxylation sites is 1. The van der Waals surface area contributed by atoms with Crippen molar-refractivity contribution in [3.63, 3.8) is 0 Å². The van der Waals surface area contributed by atoms with Crippen molar-refractivity contribution in [2.24, 2.45) is 0 Å². The van der Waals surface area contributed by atoms with Crippen molar-refractivity contribution >= 4 is 52.3 Å². The van der Waals surface area contributed by atoms with E-state index in [0.29, 0.717) is 0 Å². The molecule has 0 spiro atoms. The number of hydrogen-bond acceptors (Lipinski definition) is 3. The Bertz CT molecular complexity index is 863. The highest BCUT2D eigenvalue weighted by Crippen LogP contribution is 2.39. The Morgan fingerprint density at radius 2 is 1.74 bits per heavy atom. The van der Waals surface area contributed by atoms with Crippen LogP contribution in [0.2, 0.25) is 15.1 Å². The quantitative estimate of drug-likeness (QED) is 0.664. The van der Waals surface area contributed by atoms with Crippen molar-refractivity contribution in [1.82, 2.24) is 4.90 Å². The maximum atomic E-state index is 13.6. The number of benzene rings is 2. The number of carbonyl (C=O) groups is 2. The summed E-state index contributed by atoms with van der Waals surface area (Å²) in [5.74, 6) is -4.18. The van der Waals surface area contributed by atoms with Gasteiger partial charge in [-0.05, 0) is 25.1 Å². The number of amides is 2. The molecular formula is C17H13Cl3F2N2O3. The van der Waals surface area contributed by atoms with Crippen molar-refractivity contribution in [3.05, 3.63) is 56.5 Å². The normalized spacial score (nSPS) is 10.6. The summed E-state index contributed by atoms with van der Waals surface area (Å²) in [6, 6.07) is 4.28. The maximum Gasteiger partial charge on any atom is 0.259 e. The van der Waals surface area contributed by atoms with Crippen LogP contribution in [0.25, 0.3) is 0 Å². The monoisotopic (exact) mass is 436 g/mol. The molecule has 0 aliphatic rings. The number of anilines is 1. The first-order valence-corrected chi connectivity index (χ1v) is 8.70. The molecule has 0 aromatic heterocycles. The van der Waals surface area contributed by atoms with E-state index in [4.69, 9.17) is 34.8 Å². The van der Waals surface area contributed by atoms with Crippen molar-refractivity contribution in [1.29, 1.82) is 0 Å². The van der Waals surface area contributed by atoms with E-state index in [1.54, 1.807) is 6.92 Å². The van der Waals surface area contributed by atoms with E-state index < -0.39 is 41.4 Å². The second-order valence-corrected chi connectivity index (χ2v) is 6.53. The Kier molecular flexibility index (Phi) is 6.86. The largest absolute Gasteiger partial charge is 0.505 e. The smallest absolute Gasteiger partial charge is 0.259 e. The Hall–Kier alpha value is -2.09. The average Bonchev–Trinajstić information content (AvgIpc) is 2.61. The number of aromatic hydroxyl groups is 1. The van der Waals surface area contributed by atoms with E-state index in [1.165, 1.54) is 6.07 Å². The lowest BCUT2D eigenvalue weighted by Crippen LogP contribution is -2.38. The fraction of sp³-hybridized carbons (Fsp3) is 0.176. The number of halogens is 5. The zero-order valence-electron chi connectivity index (χ0n) is 13.8. The molecule has 0 bridgehead atoms. The first-order valence-electron chi connectivity index (χ1n) is 7.56. The summed E-state index contributed by atoms with van der Waals surface area (Å²) < 4.78 is 27.3. The van der Waals surface area contributed by atoms with Gasteiger partial charge in [-0.3, -0.25) is 9.59 Å². The minimum absolute atomic E-state index is 0.0336. The van der Waals surface area contributed by atoms with Crippen LogP contribution >= 0.6 is 34.8 Å². The lowest BCUT2D eigenvalue weighted by molar-refractivity contribution is -0.116. The number of carbonyl (C=O) groups excluding carboxylic acids is 2. The minimum Gasteiger partial charge on any atom is -0.505 e. The standard InChI is InChI=1S/C17H13Cl3F2N2O3/c1-2-24(7-12(25)23-15-10(21)4-3-5-11(15)22)17(27)13-14(20)8(18)6-9(19)16(13)26/h3-6,26H,2,7H2,1H3,(H,23,25). The van der Waals surface area contributed by atoms with Crippen molar-refractivity contribution in [2.75, 3.05) is 18.4 Å². The molecule has 0 saturated carbocycles. The Morgan fingerprint density at radius 3 is 2.30 bits per heavy atom. The van der Waals surface area contributed by atoms with Gasteiger partial charge in [0.2, 0.25) is 5.91 Å². The van der Waals surface area contributed by atoms with Crippen LogP contribution in [0.4, 0.5) is 14.5 Å². The first kappa shape index (κ1) is 21.2. The van der Waals surface area contributed by atoms with E-state index in [1.807, 2.05) is 0 Å². The third kappa shape index (κ3) is 4.61. The molecule has 0 unspecified atom stereocenters. The molecule has 5 nitrogen and oxygen atoms in total. The third-order valence-corrected chi connectivity index (χ3v) is 4.67. The van der Waals surface area contributed by atoms with E-state index in [2.05, 4.69) is 5.32 Å². The number of hydrogen-bond donors (Lipinski definition) is 2.